The lowest BCUT2D eigenvalue weighted by Crippen LogP contribution is -2.53. The Morgan fingerprint density at radius 1 is 1.03 bits per heavy atom. The lowest BCUT2D eigenvalue weighted by Gasteiger charge is -2.38. The van der Waals surface area contributed by atoms with Gasteiger partial charge in [0.25, 0.3) is 0 Å². The van der Waals surface area contributed by atoms with Crippen molar-refractivity contribution in [2.75, 3.05) is 19.6 Å². The molecule has 1 saturated carbocycles. The van der Waals surface area contributed by atoms with E-state index in [0.717, 1.165) is 37.2 Å². The van der Waals surface area contributed by atoms with E-state index in [4.69, 9.17) is 0 Å². The van der Waals surface area contributed by atoms with Crippen LogP contribution in [0.5, 0.6) is 5.75 Å². The second kappa shape index (κ2) is 7.62. The van der Waals surface area contributed by atoms with Crippen LogP contribution in [0.4, 0.5) is 13.2 Å². The van der Waals surface area contributed by atoms with Gasteiger partial charge >= 0.3 is 6.36 Å². The first-order valence-corrected chi connectivity index (χ1v) is 10.8. The van der Waals surface area contributed by atoms with Crippen molar-refractivity contribution in [3.8, 4) is 5.75 Å². The number of nitrogens with zero attached hydrogens (tertiary/aromatic N) is 1. The van der Waals surface area contributed by atoms with Crippen molar-refractivity contribution < 1.29 is 26.3 Å². The van der Waals surface area contributed by atoms with Crippen LogP contribution < -0.4 is 10.1 Å². The smallest absolute Gasteiger partial charge is 0.406 e. The van der Waals surface area contributed by atoms with Crippen LogP contribution in [0.2, 0.25) is 0 Å². The van der Waals surface area contributed by atoms with Crippen molar-refractivity contribution in [3.63, 3.8) is 0 Å². The topological polar surface area (TPSA) is 58.6 Å². The molecular weight excluding hydrogens is 405 g/mol. The van der Waals surface area contributed by atoms with E-state index in [9.17, 15) is 21.6 Å². The number of halogens is 3. The van der Waals surface area contributed by atoms with Gasteiger partial charge in [-0.3, -0.25) is 0 Å². The molecule has 4 rings (SSSR count). The summed E-state index contributed by atoms with van der Waals surface area (Å²) in [6, 6.07) is 15.0. The van der Waals surface area contributed by atoms with Gasteiger partial charge in [-0.05, 0) is 42.2 Å². The van der Waals surface area contributed by atoms with Gasteiger partial charge in [0.05, 0.1) is 4.90 Å². The predicted molar refractivity (Wildman–Crippen MR) is 101 cm³/mol. The molecule has 2 atom stereocenters. The van der Waals surface area contributed by atoms with Gasteiger partial charge in [0.1, 0.15) is 5.75 Å². The van der Waals surface area contributed by atoms with E-state index in [0.29, 0.717) is 25.0 Å². The van der Waals surface area contributed by atoms with Crippen molar-refractivity contribution in [1.82, 2.24) is 9.62 Å². The molecule has 156 valence electrons. The molecule has 1 saturated heterocycles. The molecular formula is C20H21F3N2O3S. The summed E-state index contributed by atoms with van der Waals surface area (Å²) in [5.41, 5.74) is 1.32. The summed E-state index contributed by atoms with van der Waals surface area (Å²) in [4.78, 5) is -0.0373. The van der Waals surface area contributed by atoms with Gasteiger partial charge in [0.2, 0.25) is 10.0 Å². The Morgan fingerprint density at radius 2 is 1.69 bits per heavy atom. The minimum absolute atomic E-state index is 0.0373. The van der Waals surface area contributed by atoms with Crippen molar-refractivity contribution in [2.45, 2.75) is 29.6 Å². The van der Waals surface area contributed by atoms with Crippen LogP contribution in [0.15, 0.2) is 59.5 Å². The van der Waals surface area contributed by atoms with Crippen molar-refractivity contribution >= 4 is 10.0 Å². The van der Waals surface area contributed by atoms with Crippen molar-refractivity contribution in [1.29, 1.82) is 0 Å². The molecule has 1 heterocycles. The second-order valence-electron chi connectivity index (χ2n) is 7.47. The molecule has 2 aromatic carbocycles. The first-order valence-electron chi connectivity index (χ1n) is 9.37. The fourth-order valence-corrected chi connectivity index (χ4v) is 5.21. The highest BCUT2D eigenvalue weighted by atomic mass is 32.2. The fraction of sp³-hybridized carbons (Fsp3) is 0.400. The zero-order valence-corrected chi connectivity index (χ0v) is 16.3. The fourth-order valence-electron chi connectivity index (χ4n) is 3.62. The van der Waals surface area contributed by atoms with Gasteiger partial charge in [-0.1, -0.05) is 30.3 Å². The Balaban J connectivity index is 1.25. The van der Waals surface area contributed by atoms with Crippen LogP contribution in [0.25, 0.3) is 0 Å². The average molecular weight is 426 g/mol. The molecule has 1 aliphatic carbocycles. The Bertz CT molecular complexity index is 943. The lowest BCUT2D eigenvalue weighted by molar-refractivity contribution is -0.274. The van der Waals surface area contributed by atoms with Crippen molar-refractivity contribution in [2.24, 2.45) is 5.92 Å². The zero-order chi connectivity index (χ0) is 20.6. The second-order valence-corrected chi connectivity index (χ2v) is 9.41. The third-order valence-corrected chi connectivity index (χ3v) is 7.15. The summed E-state index contributed by atoms with van der Waals surface area (Å²) < 4.78 is 66.9. The lowest BCUT2D eigenvalue weighted by atomic mass is 10.0. The maximum absolute atomic E-state index is 12.6. The summed E-state index contributed by atoms with van der Waals surface area (Å²) in [7, 11) is -3.70. The Labute approximate surface area is 167 Å². The maximum Gasteiger partial charge on any atom is 0.573 e. The predicted octanol–water partition coefficient (Wildman–Crippen LogP) is 3.35. The highest BCUT2D eigenvalue weighted by Gasteiger charge is 2.41. The van der Waals surface area contributed by atoms with Crippen LogP contribution in [0.3, 0.4) is 0 Å². The van der Waals surface area contributed by atoms with Crippen LogP contribution in [0.1, 0.15) is 17.9 Å². The summed E-state index contributed by atoms with van der Waals surface area (Å²) >= 11 is 0. The highest BCUT2D eigenvalue weighted by Crippen LogP contribution is 2.40. The quantitative estimate of drug-likeness (QED) is 0.738. The SMILES string of the molecule is O=S(=O)(c1ccc(OC(F)(F)F)cc1)N1CC(CN[C@H]2CC2c2ccccc2)C1. The third-order valence-electron chi connectivity index (χ3n) is 5.31. The van der Waals surface area contributed by atoms with E-state index < -0.39 is 22.1 Å². The molecule has 2 aromatic rings. The highest BCUT2D eigenvalue weighted by molar-refractivity contribution is 7.89. The van der Waals surface area contributed by atoms with Crippen LogP contribution in [-0.4, -0.2) is 44.8 Å². The average Bonchev–Trinajstić information content (AvgIpc) is 3.40. The number of benzene rings is 2. The van der Waals surface area contributed by atoms with Gasteiger partial charge in [-0.15, -0.1) is 13.2 Å². The minimum Gasteiger partial charge on any atom is -0.406 e. The Morgan fingerprint density at radius 3 is 2.31 bits per heavy atom. The summed E-state index contributed by atoms with van der Waals surface area (Å²) in [5.74, 6) is 0.308. The molecule has 0 aromatic heterocycles. The number of alkyl halides is 3. The number of hydrogen-bond donors (Lipinski definition) is 1. The summed E-state index contributed by atoms with van der Waals surface area (Å²) in [6.45, 7) is 1.55. The molecule has 9 heteroatoms. The standard InChI is InChI=1S/C20H21F3N2O3S/c21-20(22,23)28-16-6-8-17(9-7-16)29(26,27)25-12-14(13-25)11-24-19-10-18(19)15-4-2-1-3-5-15/h1-9,14,18-19,24H,10-13H2/t18?,19-/m0/s1. The van der Waals surface area contributed by atoms with Gasteiger partial charge in [-0.25, -0.2) is 8.42 Å². The first kappa shape index (κ1) is 20.2. The monoisotopic (exact) mass is 426 g/mol. The number of rotatable bonds is 7. The first-order chi connectivity index (χ1) is 13.7. The van der Waals surface area contributed by atoms with E-state index in [1.165, 1.54) is 9.87 Å². The summed E-state index contributed by atoms with van der Waals surface area (Å²) in [5, 5.41) is 3.50. The van der Waals surface area contributed by atoms with Gasteiger partial charge in [0, 0.05) is 31.6 Å². The van der Waals surface area contributed by atoms with Gasteiger partial charge < -0.3 is 10.1 Å². The summed E-state index contributed by atoms with van der Waals surface area (Å²) in [6.07, 6.45) is -3.72. The van der Waals surface area contributed by atoms with Gasteiger partial charge in [-0.2, -0.15) is 4.31 Å². The molecule has 2 fully saturated rings. The molecule has 29 heavy (non-hydrogen) atoms. The normalized spacial score (nSPS) is 22.9. The molecule has 1 unspecified atom stereocenters. The number of ether oxygens (including phenoxy) is 1. The van der Waals surface area contributed by atoms with E-state index in [1.807, 2.05) is 18.2 Å². The largest absolute Gasteiger partial charge is 0.573 e. The van der Waals surface area contributed by atoms with E-state index >= 15 is 0 Å². The molecule has 1 N–H and O–H groups in total. The molecule has 0 spiro atoms. The molecule has 0 amide bonds. The third kappa shape index (κ3) is 4.73. The van der Waals surface area contributed by atoms with E-state index in [-0.39, 0.29) is 10.8 Å². The molecule has 1 aliphatic heterocycles. The van der Waals surface area contributed by atoms with Crippen LogP contribution in [-0.2, 0) is 10.0 Å². The zero-order valence-electron chi connectivity index (χ0n) is 15.5. The molecule has 5 nitrogen and oxygen atoms in total. The Kier molecular flexibility index (Phi) is 5.30. The maximum atomic E-state index is 12.6. The number of nitrogens with one attached hydrogen (secondary N) is 1. The van der Waals surface area contributed by atoms with Crippen molar-refractivity contribution in [3.05, 3.63) is 60.2 Å². The minimum atomic E-state index is -4.81. The molecule has 0 bridgehead atoms. The Hall–Kier alpha value is -2.10. The number of hydrogen-bond acceptors (Lipinski definition) is 4. The van der Waals surface area contributed by atoms with E-state index in [1.54, 1.807) is 0 Å². The van der Waals surface area contributed by atoms with E-state index in [2.05, 4.69) is 22.2 Å². The van der Waals surface area contributed by atoms with Crippen LogP contribution in [0, 0.1) is 5.92 Å². The van der Waals surface area contributed by atoms with Gasteiger partial charge in [0.15, 0.2) is 0 Å². The number of sulfonamides is 1. The molecule has 0 radical (unpaired) electrons. The molecule has 2 aliphatic rings. The van der Waals surface area contributed by atoms with Crippen LogP contribution >= 0.6 is 0 Å².